The molecule has 0 heterocycles. The lowest BCUT2D eigenvalue weighted by Crippen LogP contribution is -2.30. The van der Waals surface area contributed by atoms with Gasteiger partial charge in [0.1, 0.15) is 18.2 Å². The van der Waals surface area contributed by atoms with E-state index in [0.29, 0.717) is 23.4 Å². The summed E-state index contributed by atoms with van der Waals surface area (Å²) in [5, 5.41) is 2.76. The standard InChI is InChI=1S/C25H27FN2O4S/c1-3-20-6-4-5-7-24(20)28(33(2,30)31)18-19-8-10-21(11-9-19)25(29)27-16-17-32-23-14-12-22(26)13-15-23/h4-15H,3,16-18H2,1-2H3,(H,27,29). The van der Waals surface area contributed by atoms with Crippen LogP contribution in [0.1, 0.15) is 28.4 Å². The van der Waals surface area contributed by atoms with Crippen LogP contribution in [0.3, 0.4) is 0 Å². The summed E-state index contributed by atoms with van der Waals surface area (Å²) < 4.78 is 44.7. The number of para-hydroxylation sites is 1. The highest BCUT2D eigenvalue weighted by Crippen LogP contribution is 2.25. The zero-order valence-electron chi connectivity index (χ0n) is 18.6. The molecule has 0 bridgehead atoms. The molecule has 0 aliphatic heterocycles. The van der Waals surface area contributed by atoms with Crippen LogP contribution < -0.4 is 14.4 Å². The smallest absolute Gasteiger partial charge is 0.251 e. The molecule has 0 saturated heterocycles. The average Bonchev–Trinajstić information content (AvgIpc) is 2.81. The number of aryl methyl sites for hydroxylation is 1. The first-order valence-electron chi connectivity index (χ1n) is 10.6. The van der Waals surface area contributed by atoms with Crippen LogP contribution in [-0.2, 0) is 23.0 Å². The maximum absolute atomic E-state index is 12.9. The van der Waals surface area contributed by atoms with E-state index in [1.807, 2.05) is 25.1 Å². The number of nitrogens with zero attached hydrogens (tertiary/aromatic N) is 1. The van der Waals surface area contributed by atoms with Crippen molar-refractivity contribution in [1.29, 1.82) is 0 Å². The molecule has 8 heteroatoms. The van der Waals surface area contributed by atoms with Gasteiger partial charge in [-0.05, 0) is 60.0 Å². The Labute approximate surface area is 194 Å². The number of halogens is 1. The number of hydrogen-bond donors (Lipinski definition) is 1. The van der Waals surface area contributed by atoms with Gasteiger partial charge >= 0.3 is 0 Å². The third-order valence-corrected chi connectivity index (χ3v) is 6.18. The molecule has 0 fully saturated rings. The van der Waals surface area contributed by atoms with Gasteiger partial charge in [-0.3, -0.25) is 9.10 Å². The Hall–Kier alpha value is -3.39. The highest BCUT2D eigenvalue weighted by molar-refractivity contribution is 7.92. The second kappa shape index (κ2) is 11.0. The summed E-state index contributed by atoms with van der Waals surface area (Å²) in [5.74, 6) is -0.0797. The van der Waals surface area contributed by atoms with Crippen molar-refractivity contribution in [2.45, 2.75) is 19.9 Å². The molecule has 6 nitrogen and oxygen atoms in total. The lowest BCUT2D eigenvalue weighted by atomic mass is 10.1. The van der Waals surface area contributed by atoms with Crippen LogP contribution in [0.15, 0.2) is 72.8 Å². The Bertz CT molecular complexity index is 1180. The first kappa shape index (κ1) is 24.3. The molecule has 3 aromatic carbocycles. The van der Waals surface area contributed by atoms with Gasteiger partial charge in [0.2, 0.25) is 10.0 Å². The molecular weight excluding hydrogens is 443 g/mol. The Kier molecular flexibility index (Phi) is 8.06. The number of hydrogen-bond acceptors (Lipinski definition) is 4. The SMILES string of the molecule is CCc1ccccc1N(Cc1ccc(C(=O)NCCOc2ccc(F)cc2)cc1)S(C)(=O)=O. The molecule has 33 heavy (non-hydrogen) atoms. The van der Waals surface area contributed by atoms with Crippen LogP contribution in [0, 0.1) is 5.82 Å². The van der Waals surface area contributed by atoms with Gasteiger partial charge in [-0.2, -0.15) is 0 Å². The summed E-state index contributed by atoms with van der Waals surface area (Å²) in [4.78, 5) is 12.4. The zero-order chi connectivity index (χ0) is 23.8. The molecule has 0 unspecified atom stereocenters. The van der Waals surface area contributed by atoms with Crippen molar-refractivity contribution in [2.24, 2.45) is 0 Å². The van der Waals surface area contributed by atoms with E-state index in [4.69, 9.17) is 4.74 Å². The van der Waals surface area contributed by atoms with Gasteiger partial charge in [-0.15, -0.1) is 0 Å². The van der Waals surface area contributed by atoms with E-state index in [-0.39, 0.29) is 31.4 Å². The van der Waals surface area contributed by atoms with Crippen molar-refractivity contribution in [2.75, 3.05) is 23.7 Å². The number of rotatable bonds is 10. The van der Waals surface area contributed by atoms with Crippen molar-refractivity contribution in [3.8, 4) is 5.75 Å². The minimum Gasteiger partial charge on any atom is -0.492 e. The van der Waals surface area contributed by atoms with Crippen LogP contribution in [0.4, 0.5) is 10.1 Å². The number of ether oxygens (including phenoxy) is 1. The van der Waals surface area contributed by atoms with Crippen LogP contribution in [0.5, 0.6) is 5.75 Å². The van der Waals surface area contributed by atoms with Crippen molar-refractivity contribution < 1.29 is 22.3 Å². The fourth-order valence-corrected chi connectivity index (χ4v) is 4.25. The molecular formula is C25H27FN2O4S. The normalized spacial score (nSPS) is 11.1. The predicted molar refractivity (Wildman–Crippen MR) is 128 cm³/mol. The lowest BCUT2D eigenvalue weighted by Gasteiger charge is -2.25. The predicted octanol–water partition coefficient (Wildman–Crippen LogP) is 4.16. The Morgan fingerprint density at radius 3 is 2.30 bits per heavy atom. The quantitative estimate of drug-likeness (QED) is 0.452. The van der Waals surface area contributed by atoms with Gasteiger partial charge in [0.15, 0.2) is 0 Å². The van der Waals surface area contributed by atoms with Crippen LogP contribution in [0.2, 0.25) is 0 Å². The largest absolute Gasteiger partial charge is 0.492 e. The maximum atomic E-state index is 12.9. The minimum atomic E-state index is -3.50. The Morgan fingerprint density at radius 1 is 1.00 bits per heavy atom. The van der Waals surface area contributed by atoms with Gasteiger partial charge in [-0.25, -0.2) is 12.8 Å². The first-order valence-corrected chi connectivity index (χ1v) is 12.4. The summed E-state index contributed by atoms with van der Waals surface area (Å²) in [6.07, 6.45) is 1.90. The molecule has 0 saturated carbocycles. The maximum Gasteiger partial charge on any atom is 0.251 e. The van der Waals surface area contributed by atoms with Crippen molar-refractivity contribution in [1.82, 2.24) is 5.32 Å². The first-order chi connectivity index (χ1) is 15.8. The van der Waals surface area contributed by atoms with Crippen LogP contribution >= 0.6 is 0 Å². The molecule has 1 N–H and O–H groups in total. The van der Waals surface area contributed by atoms with E-state index in [9.17, 15) is 17.6 Å². The van der Waals surface area contributed by atoms with E-state index in [2.05, 4.69) is 5.32 Å². The number of carbonyl (C=O) groups excluding carboxylic acids is 1. The average molecular weight is 471 g/mol. The summed E-state index contributed by atoms with van der Waals surface area (Å²) in [6.45, 7) is 2.68. The monoisotopic (exact) mass is 470 g/mol. The molecule has 0 aliphatic rings. The summed E-state index contributed by atoms with van der Waals surface area (Å²) in [6, 6.07) is 19.9. The van der Waals surface area contributed by atoms with Crippen molar-refractivity contribution >= 4 is 21.6 Å². The number of carbonyl (C=O) groups is 1. The van der Waals surface area contributed by atoms with Gasteiger partial charge in [0.25, 0.3) is 5.91 Å². The fourth-order valence-electron chi connectivity index (χ4n) is 3.33. The molecule has 0 atom stereocenters. The van der Waals surface area contributed by atoms with Gasteiger partial charge in [0, 0.05) is 5.56 Å². The van der Waals surface area contributed by atoms with E-state index < -0.39 is 10.0 Å². The van der Waals surface area contributed by atoms with E-state index in [1.54, 1.807) is 30.3 Å². The van der Waals surface area contributed by atoms with Gasteiger partial charge in [-0.1, -0.05) is 37.3 Å². The lowest BCUT2D eigenvalue weighted by molar-refractivity contribution is 0.0947. The zero-order valence-corrected chi connectivity index (χ0v) is 19.4. The molecule has 0 aliphatic carbocycles. The highest BCUT2D eigenvalue weighted by atomic mass is 32.2. The van der Waals surface area contributed by atoms with Gasteiger partial charge in [0.05, 0.1) is 25.0 Å². The molecule has 3 aromatic rings. The van der Waals surface area contributed by atoms with E-state index >= 15 is 0 Å². The molecule has 3 rings (SSSR count). The van der Waals surface area contributed by atoms with E-state index in [1.165, 1.54) is 34.8 Å². The molecule has 174 valence electrons. The summed E-state index contributed by atoms with van der Waals surface area (Å²) in [5.41, 5.74) is 2.83. The minimum absolute atomic E-state index is 0.170. The Balaban J connectivity index is 1.60. The number of amides is 1. The molecule has 0 radical (unpaired) electrons. The third-order valence-electron chi connectivity index (χ3n) is 5.05. The number of nitrogens with one attached hydrogen (secondary N) is 1. The van der Waals surface area contributed by atoms with E-state index in [0.717, 1.165) is 11.1 Å². The van der Waals surface area contributed by atoms with Crippen LogP contribution in [0.25, 0.3) is 0 Å². The van der Waals surface area contributed by atoms with Crippen LogP contribution in [-0.4, -0.2) is 33.7 Å². The third kappa shape index (κ3) is 6.79. The number of benzene rings is 3. The second-order valence-corrected chi connectivity index (χ2v) is 9.41. The number of anilines is 1. The highest BCUT2D eigenvalue weighted by Gasteiger charge is 2.20. The molecule has 0 aromatic heterocycles. The number of sulfonamides is 1. The molecule has 1 amide bonds. The second-order valence-electron chi connectivity index (χ2n) is 7.51. The van der Waals surface area contributed by atoms with Gasteiger partial charge < -0.3 is 10.1 Å². The fraction of sp³-hybridized carbons (Fsp3) is 0.240. The molecule has 0 spiro atoms. The van der Waals surface area contributed by atoms with Crippen molar-refractivity contribution in [3.05, 3.63) is 95.3 Å². The topological polar surface area (TPSA) is 75.7 Å². The Morgan fingerprint density at radius 2 is 1.67 bits per heavy atom. The summed E-state index contributed by atoms with van der Waals surface area (Å²) in [7, 11) is -3.50. The van der Waals surface area contributed by atoms with Crippen molar-refractivity contribution in [3.63, 3.8) is 0 Å². The summed E-state index contributed by atoms with van der Waals surface area (Å²) >= 11 is 0.